The van der Waals surface area contributed by atoms with Crippen molar-refractivity contribution < 1.29 is 19.2 Å². The van der Waals surface area contributed by atoms with Crippen molar-refractivity contribution in [3.63, 3.8) is 0 Å². The molecular formula is C19H15Cl2N3O5S2. The summed E-state index contributed by atoms with van der Waals surface area (Å²) < 4.78 is 10.7. The minimum absolute atomic E-state index is 0.191. The largest absolute Gasteiger partial charge is 0.493 e. The highest BCUT2D eigenvalue weighted by atomic mass is 35.5. The lowest BCUT2D eigenvalue weighted by Crippen LogP contribution is -2.21. The molecule has 0 saturated heterocycles. The van der Waals surface area contributed by atoms with Gasteiger partial charge < -0.3 is 14.8 Å². The minimum Gasteiger partial charge on any atom is -0.493 e. The number of nitro groups is 1. The van der Waals surface area contributed by atoms with Crippen LogP contribution in [-0.4, -0.2) is 30.0 Å². The maximum absolute atomic E-state index is 12.6. The molecule has 162 valence electrons. The normalized spacial score (nSPS) is 10.6. The van der Waals surface area contributed by atoms with Crippen molar-refractivity contribution in [1.29, 1.82) is 0 Å². The topological polar surface area (TPSA) is 104 Å². The molecular weight excluding hydrogens is 485 g/mol. The summed E-state index contributed by atoms with van der Waals surface area (Å²) in [5, 5.41) is 14.8. The van der Waals surface area contributed by atoms with Crippen LogP contribution in [-0.2, 0) is 6.54 Å². The van der Waals surface area contributed by atoms with Gasteiger partial charge in [0.15, 0.2) is 11.5 Å². The molecule has 1 amide bonds. The van der Waals surface area contributed by atoms with Gasteiger partial charge in [0.1, 0.15) is 9.09 Å². The van der Waals surface area contributed by atoms with Crippen molar-refractivity contribution in [2.75, 3.05) is 14.2 Å². The summed E-state index contributed by atoms with van der Waals surface area (Å²) in [5.74, 6) is 0.661. The number of carbonyl (C=O) groups excluding carboxylic acids is 1. The summed E-state index contributed by atoms with van der Waals surface area (Å²) >= 11 is 14.2. The van der Waals surface area contributed by atoms with Crippen LogP contribution in [0.2, 0.25) is 10.0 Å². The number of amides is 1. The lowest BCUT2D eigenvalue weighted by atomic mass is 10.2. The van der Waals surface area contributed by atoms with Gasteiger partial charge in [0.05, 0.1) is 34.1 Å². The Hall–Kier alpha value is -2.53. The van der Waals surface area contributed by atoms with Gasteiger partial charge in [-0.15, -0.1) is 11.3 Å². The van der Waals surface area contributed by atoms with Gasteiger partial charge in [-0.25, -0.2) is 0 Å². The molecule has 3 aromatic rings. The second-order valence-corrected chi connectivity index (χ2v) is 9.09. The van der Waals surface area contributed by atoms with E-state index in [2.05, 4.69) is 10.3 Å². The molecule has 0 fully saturated rings. The molecule has 0 aliphatic carbocycles. The SMILES string of the molecule is COc1ccc(CNC(=O)c2cc([N+](=O)[O-])c(Sc3c(Cl)cncc3Cl)s2)cc1OC. The summed E-state index contributed by atoms with van der Waals surface area (Å²) in [5.41, 5.74) is 0.581. The van der Waals surface area contributed by atoms with Gasteiger partial charge in [-0.05, 0) is 17.7 Å². The molecule has 2 aromatic heterocycles. The van der Waals surface area contributed by atoms with Crippen molar-refractivity contribution in [3.05, 3.63) is 67.3 Å². The molecule has 0 aliphatic rings. The Bertz CT molecular complexity index is 1120. The zero-order valence-corrected chi connectivity index (χ0v) is 19.3. The number of rotatable bonds is 8. The van der Waals surface area contributed by atoms with Crippen LogP contribution >= 0.6 is 46.3 Å². The van der Waals surface area contributed by atoms with Crippen LogP contribution in [0.25, 0.3) is 0 Å². The van der Waals surface area contributed by atoms with E-state index < -0.39 is 10.8 Å². The third kappa shape index (κ3) is 5.40. The Morgan fingerprint density at radius 2 is 1.87 bits per heavy atom. The van der Waals surface area contributed by atoms with E-state index in [1.807, 2.05) is 0 Å². The molecule has 8 nitrogen and oxygen atoms in total. The first-order chi connectivity index (χ1) is 14.8. The highest BCUT2D eigenvalue weighted by Crippen LogP contribution is 2.45. The molecule has 12 heteroatoms. The first-order valence-corrected chi connectivity index (χ1v) is 11.0. The first kappa shape index (κ1) is 23.1. The quantitative estimate of drug-likeness (QED) is 0.324. The molecule has 3 rings (SSSR count). The summed E-state index contributed by atoms with van der Waals surface area (Å²) in [6, 6.07) is 6.49. The Balaban J connectivity index is 1.79. The molecule has 0 aliphatic heterocycles. The molecule has 31 heavy (non-hydrogen) atoms. The van der Waals surface area contributed by atoms with Crippen LogP contribution in [0.3, 0.4) is 0 Å². The maximum atomic E-state index is 12.6. The number of hydrogen-bond acceptors (Lipinski definition) is 8. The van der Waals surface area contributed by atoms with Gasteiger partial charge >= 0.3 is 0 Å². The number of thiophene rings is 1. The lowest BCUT2D eigenvalue weighted by molar-refractivity contribution is -0.387. The number of halogens is 2. The van der Waals surface area contributed by atoms with Crippen molar-refractivity contribution >= 4 is 57.9 Å². The molecule has 0 atom stereocenters. The van der Waals surface area contributed by atoms with Crippen LogP contribution in [0.5, 0.6) is 11.5 Å². The van der Waals surface area contributed by atoms with E-state index in [-0.39, 0.29) is 31.4 Å². The molecule has 0 radical (unpaired) electrons. The third-order valence-corrected chi connectivity index (χ3v) is 7.26. The summed E-state index contributed by atoms with van der Waals surface area (Å²) in [6.07, 6.45) is 2.79. The average molecular weight is 500 g/mol. The van der Waals surface area contributed by atoms with Crippen LogP contribution in [0.4, 0.5) is 5.69 Å². The van der Waals surface area contributed by atoms with Crippen LogP contribution in [0.1, 0.15) is 15.2 Å². The van der Waals surface area contributed by atoms with Crippen LogP contribution in [0.15, 0.2) is 45.8 Å². The zero-order valence-electron chi connectivity index (χ0n) is 16.2. The number of methoxy groups -OCH3 is 2. The van der Waals surface area contributed by atoms with E-state index in [1.165, 1.54) is 32.7 Å². The second kappa shape index (κ2) is 10.2. The molecule has 0 saturated carbocycles. The highest BCUT2D eigenvalue weighted by molar-refractivity contribution is 8.01. The molecule has 1 aromatic carbocycles. The second-order valence-electron chi connectivity index (χ2n) is 5.95. The van der Waals surface area contributed by atoms with Gasteiger partial charge in [0.2, 0.25) is 0 Å². The fourth-order valence-corrected chi connectivity index (χ4v) is 5.31. The Kier molecular flexibility index (Phi) is 7.60. The standard InChI is InChI=1S/C19H15Cl2N3O5S2/c1-28-14-4-3-10(5-15(14)29-2)7-23-18(25)16-6-13(24(26)27)19(30-16)31-17-11(20)8-22-9-12(17)21/h3-6,8-9H,7H2,1-2H3,(H,23,25). The maximum Gasteiger partial charge on any atom is 0.294 e. The van der Waals surface area contributed by atoms with Crippen LogP contribution in [0, 0.1) is 10.1 Å². The number of nitrogens with zero attached hydrogens (tertiary/aromatic N) is 2. The van der Waals surface area contributed by atoms with Gasteiger partial charge in [-0.3, -0.25) is 19.9 Å². The number of benzene rings is 1. The predicted octanol–water partition coefficient (Wildman–Crippen LogP) is 5.46. The average Bonchev–Trinajstić information content (AvgIpc) is 3.19. The van der Waals surface area contributed by atoms with Gasteiger partial charge in [0, 0.05) is 25.0 Å². The van der Waals surface area contributed by atoms with Crippen LogP contribution < -0.4 is 14.8 Å². The summed E-state index contributed by atoms with van der Waals surface area (Å²) in [4.78, 5) is 28.0. The van der Waals surface area contributed by atoms with Gasteiger partial charge in [-0.2, -0.15) is 0 Å². The van der Waals surface area contributed by atoms with Gasteiger partial charge in [-0.1, -0.05) is 41.0 Å². The fraction of sp³-hybridized carbons (Fsp3) is 0.158. The Morgan fingerprint density at radius 3 is 2.48 bits per heavy atom. The first-order valence-electron chi connectivity index (χ1n) is 8.58. The number of nitrogens with one attached hydrogen (secondary N) is 1. The van der Waals surface area contributed by atoms with E-state index in [0.29, 0.717) is 16.4 Å². The molecule has 0 unspecified atom stereocenters. The van der Waals surface area contributed by atoms with Gasteiger partial charge in [0.25, 0.3) is 11.6 Å². The van der Waals surface area contributed by atoms with Crippen molar-refractivity contribution in [1.82, 2.24) is 10.3 Å². The predicted molar refractivity (Wildman–Crippen MR) is 120 cm³/mol. The number of ether oxygens (including phenoxy) is 2. The van der Waals surface area contributed by atoms with E-state index in [4.69, 9.17) is 32.7 Å². The van der Waals surface area contributed by atoms with Crippen molar-refractivity contribution in [2.45, 2.75) is 15.6 Å². The number of aromatic nitrogens is 1. The Labute approximate surface area is 195 Å². The van der Waals surface area contributed by atoms with E-state index in [0.717, 1.165) is 28.7 Å². The minimum atomic E-state index is -0.549. The number of hydrogen-bond donors (Lipinski definition) is 1. The molecule has 2 heterocycles. The zero-order chi connectivity index (χ0) is 22.5. The van der Waals surface area contributed by atoms with E-state index in [9.17, 15) is 14.9 Å². The smallest absolute Gasteiger partial charge is 0.294 e. The highest BCUT2D eigenvalue weighted by Gasteiger charge is 2.25. The van der Waals surface area contributed by atoms with E-state index >= 15 is 0 Å². The summed E-state index contributed by atoms with van der Waals surface area (Å²) in [7, 11) is 3.05. The molecule has 1 N–H and O–H groups in total. The fourth-order valence-electron chi connectivity index (χ4n) is 2.53. The number of pyridine rings is 1. The monoisotopic (exact) mass is 499 g/mol. The van der Waals surface area contributed by atoms with Crippen molar-refractivity contribution in [2.24, 2.45) is 0 Å². The lowest BCUT2D eigenvalue weighted by Gasteiger charge is -2.10. The molecule has 0 spiro atoms. The number of carbonyl (C=O) groups is 1. The Morgan fingerprint density at radius 1 is 1.19 bits per heavy atom. The summed E-state index contributed by atoms with van der Waals surface area (Å²) in [6.45, 7) is 0.204. The van der Waals surface area contributed by atoms with E-state index in [1.54, 1.807) is 18.2 Å². The van der Waals surface area contributed by atoms with Crippen molar-refractivity contribution in [3.8, 4) is 11.5 Å². The third-order valence-electron chi connectivity index (χ3n) is 4.01. The molecule has 0 bridgehead atoms.